The van der Waals surface area contributed by atoms with E-state index in [1.165, 1.54) is 0 Å². The van der Waals surface area contributed by atoms with Gasteiger partial charge in [-0.15, -0.1) is 0 Å². The van der Waals surface area contributed by atoms with Gasteiger partial charge in [0.1, 0.15) is 0 Å². The summed E-state index contributed by atoms with van der Waals surface area (Å²) in [6, 6.07) is 7.24. The highest BCUT2D eigenvalue weighted by atomic mass is 35.5. The van der Waals surface area contributed by atoms with E-state index in [0.29, 0.717) is 17.5 Å². The molecule has 0 heterocycles. The third kappa shape index (κ3) is 6.30. The van der Waals surface area contributed by atoms with Crippen LogP contribution in [0.3, 0.4) is 0 Å². The van der Waals surface area contributed by atoms with Crippen molar-refractivity contribution in [1.29, 1.82) is 0 Å². The number of amides is 2. The van der Waals surface area contributed by atoms with Crippen LogP contribution >= 0.6 is 11.6 Å². The summed E-state index contributed by atoms with van der Waals surface area (Å²) >= 11 is 5.85. The highest BCUT2D eigenvalue weighted by molar-refractivity contribution is 6.30. The minimum absolute atomic E-state index is 0.186. The second kappa shape index (κ2) is 7.77. The van der Waals surface area contributed by atoms with Crippen LogP contribution in [-0.2, 0) is 0 Å². The van der Waals surface area contributed by atoms with Gasteiger partial charge in [-0.05, 0) is 36.1 Å². The van der Waals surface area contributed by atoms with Crippen molar-refractivity contribution in [3.05, 3.63) is 41.1 Å². The van der Waals surface area contributed by atoms with Crippen LogP contribution in [0.4, 0.5) is 4.79 Å². The molecular weight excluding hydrogens is 248 g/mol. The Morgan fingerprint density at radius 1 is 1.44 bits per heavy atom. The van der Waals surface area contributed by atoms with Crippen molar-refractivity contribution < 1.29 is 4.79 Å². The van der Waals surface area contributed by atoms with Gasteiger partial charge in [0.15, 0.2) is 0 Å². The van der Waals surface area contributed by atoms with Gasteiger partial charge in [-0.3, -0.25) is 0 Å². The monoisotopic (exact) mass is 266 g/mol. The largest absolute Gasteiger partial charge is 0.338 e. The van der Waals surface area contributed by atoms with Crippen LogP contribution < -0.4 is 10.6 Å². The van der Waals surface area contributed by atoms with Crippen molar-refractivity contribution in [2.75, 3.05) is 6.54 Å². The summed E-state index contributed by atoms with van der Waals surface area (Å²) in [4.78, 5) is 11.4. The molecule has 0 atom stereocenters. The maximum Gasteiger partial charge on any atom is 0.318 e. The number of hydrogen-bond donors (Lipinski definition) is 2. The van der Waals surface area contributed by atoms with Crippen molar-refractivity contribution in [2.45, 2.75) is 20.3 Å². The van der Waals surface area contributed by atoms with Crippen LogP contribution in [0.1, 0.15) is 25.8 Å². The molecule has 0 aromatic heterocycles. The highest BCUT2D eigenvalue weighted by Gasteiger charge is 1.97. The summed E-state index contributed by atoms with van der Waals surface area (Å²) in [5, 5.41) is 6.11. The maximum atomic E-state index is 11.4. The first-order valence-corrected chi connectivity index (χ1v) is 6.42. The van der Waals surface area contributed by atoms with Crippen LogP contribution in [0, 0.1) is 5.92 Å². The third-order valence-electron chi connectivity index (χ3n) is 2.35. The van der Waals surface area contributed by atoms with Gasteiger partial charge >= 0.3 is 6.03 Å². The number of carbonyl (C=O) groups excluding carboxylic acids is 1. The lowest BCUT2D eigenvalue weighted by atomic mass is 10.1. The molecule has 4 heteroatoms. The lowest BCUT2D eigenvalue weighted by Gasteiger charge is -2.06. The quantitative estimate of drug-likeness (QED) is 0.839. The van der Waals surface area contributed by atoms with E-state index in [9.17, 15) is 4.79 Å². The summed E-state index contributed by atoms with van der Waals surface area (Å²) in [5.41, 5.74) is 0.949. The van der Waals surface area contributed by atoms with E-state index in [4.69, 9.17) is 11.6 Å². The zero-order valence-electron chi connectivity index (χ0n) is 10.7. The highest BCUT2D eigenvalue weighted by Crippen LogP contribution is 2.11. The molecule has 18 heavy (non-hydrogen) atoms. The fraction of sp³-hybridized carbons (Fsp3) is 0.357. The van der Waals surface area contributed by atoms with Crippen molar-refractivity contribution in [1.82, 2.24) is 10.6 Å². The Morgan fingerprint density at radius 3 is 2.89 bits per heavy atom. The Labute approximate surface area is 113 Å². The molecule has 3 nitrogen and oxygen atoms in total. The summed E-state index contributed by atoms with van der Waals surface area (Å²) in [7, 11) is 0. The van der Waals surface area contributed by atoms with Gasteiger partial charge in [0.2, 0.25) is 0 Å². The molecule has 0 radical (unpaired) electrons. The predicted molar refractivity (Wildman–Crippen MR) is 76.5 cm³/mol. The Hall–Kier alpha value is -1.48. The molecule has 2 N–H and O–H groups in total. The van der Waals surface area contributed by atoms with Gasteiger partial charge in [0.25, 0.3) is 0 Å². The number of halogens is 1. The fourth-order valence-corrected chi connectivity index (χ4v) is 1.55. The van der Waals surface area contributed by atoms with E-state index in [-0.39, 0.29) is 6.03 Å². The van der Waals surface area contributed by atoms with Crippen molar-refractivity contribution in [2.24, 2.45) is 5.92 Å². The molecular formula is C14H19ClN2O. The van der Waals surface area contributed by atoms with E-state index in [0.717, 1.165) is 12.0 Å². The zero-order chi connectivity index (χ0) is 13.4. The van der Waals surface area contributed by atoms with Crippen LogP contribution in [0.15, 0.2) is 30.5 Å². The maximum absolute atomic E-state index is 11.4. The molecule has 0 bridgehead atoms. The molecule has 0 fully saturated rings. The van der Waals surface area contributed by atoms with Gasteiger partial charge in [0, 0.05) is 17.8 Å². The van der Waals surface area contributed by atoms with E-state index < -0.39 is 0 Å². The number of carbonyl (C=O) groups is 1. The first kappa shape index (κ1) is 14.6. The number of benzene rings is 1. The molecule has 1 aromatic carbocycles. The molecule has 0 aliphatic carbocycles. The minimum atomic E-state index is -0.186. The van der Waals surface area contributed by atoms with Crippen molar-refractivity contribution in [3.63, 3.8) is 0 Å². The van der Waals surface area contributed by atoms with Crippen molar-refractivity contribution >= 4 is 23.7 Å². The molecule has 1 aromatic rings. The molecule has 0 saturated heterocycles. The lowest BCUT2D eigenvalue weighted by Crippen LogP contribution is -2.33. The summed E-state index contributed by atoms with van der Waals surface area (Å²) in [6.07, 6.45) is 4.38. The van der Waals surface area contributed by atoms with Gasteiger partial charge in [-0.25, -0.2) is 4.79 Å². The van der Waals surface area contributed by atoms with Gasteiger partial charge in [-0.2, -0.15) is 0 Å². The smallest absolute Gasteiger partial charge is 0.318 e. The van der Waals surface area contributed by atoms with Gasteiger partial charge < -0.3 is 10.6 Å². The molecule has 0 aliphatic rings. The van der Waals surface area contributed by atoms with E-state index in [2.05, 4.69) is 24.5 Å². The fourth-order valence-electron chi connectivity index (χ4n) is 1.35. The predicted octanol–water partition coefficient (Wildman–Crippen LogP) is 3.66. The first-order chi connectivity index (χ1) is 8.58. The summed E-state index contributed by atoms with van der Waals surface area (Å²) in [6.45, 7) is 4.94. The molecule has 2 amide bonds. The normalized spacial score (nSPS) is 10.9. The average molecular weight is 267 g/mol. The third-order valence-corrected chi connectivity index (χ3v) is 2.58. The van der Waals surface area contributed by atoms with Gasteiger partial charge in [-0.1, -0.05) is 37.6 Å². The molecule has 1 rings (SSSR count). The lowest BCUT2D eigenvalue weighted by molar-refractivity contribution is 0.243. The molecule has 98 valence electrons. The SMILES string of the molecule is CC(C)CCNC(=O)N/C=C/c1cccc(Cl)c1. The number of hydrogen-bond acceptors (Lipinski definition) is 1. The van der Waals surface area contributed by atoms with Crippen LogP contribution in [0.25, 0.3) is 6.08 Å². The molecule has 0 unspecified atom stereocenters. The molecule has 0 saturated carbocycles. The van der Waals surface area contributed by atoms with E-state index in [1.807, 2.05) is 24.3 Å². The zero-order valence-corrected chi connectivity index (χ0v) is 11.5. The second-order valence-electron chi connectivity index (χ2n) is 4.47. The topological polar surface area (TPSA) is 41.1 Å². The Morgan fingerprint density at radius 2 is 2.22 bits per heavy atom. The first-order valence-electron chi connectivity index (χ1n) is 6.04. The Kier molecular flexibility index (Phi) is 6.29. The van der Waals surface area contributed by atoms with Crippen LogP contribution in [0.5, 0.6) is 0 Å². The summed E-state index contributed by atoms with van der Waals surface area (Å²) < 4.78 is 0. The van der Waals surface area contributed by atoms with Crippen molar-refractivity contribution in [3.8, 4) is 0 Å². The Bertz CT molecular complexity index is 416. The van der Waals surface area contributed by atoms with E-state index in [1.54, 1.807) is 12.3 Å². The number of urea groups is 1. The Balaban J connectivity index is 2.29. The minimum Gasteiger partial charge on any atom is -0.338 e. The second-order valence-corrected chi connectivity index (χ2v) is 4.91. The average Bonchev–Trinajstić information content (AvgIpc) is 2.28. The van der Waals surface area contributed by atoms with Gasteiger partial charge in [0.05, 0.1) is 0 Å². The molecule has 0 aliphatic heterocycles. The van der Waals surface area contributed by atoms with Crippen LogP contribution in [-0.4, -0.2) is 12.6 Å². The number of nitrogens with one attached hydrogen (secondary N) is 2. The molecule has 0 spiro atoms. The standard InChI is InChI=1S/C14H19ClN2O/c1-11(2)6-8-16-14(18)17-9-7-12-4-3-5-13(15)10-12/h3-5,7,9-11H,6,8H2,1-2H3,(H2,16,17,18)/b9-7+. The van der Waals surface area contributed by atoms with Crippen LogP contribution in [0.2, 0.25) is 5.02 Å². The summed E-state index contributed by atoms with van der Waals surface area (Å²) in [5.74, 6) is 0.590. The van der Waals surface area contributed by atoms with E-state index >= 15 is 0 Å². The number of rotatable bonds is 5.